The van der Waals surface area contributed by atoms with E-state index in [-0.39, 0.29) is 5.41 Å². The van der Waals surface area contributed by atoms with Crippen LogP contribution < -0.4 is 0 Å². The van der Waals surface area contributed by atoms with E-state index in [1.807, 2.05) is 0 Å². The van der Waals surface area contributed by atoms with Crippen LogP contribution in [0.3, 0.4) is 0 Å². The van der Waals surface area contributed by atoms with Gasteiger partial charge in [-0.05, 0) is 84.6 Å². The lowest BCUT2D eigenvalue weighted by atomic mass is 9.57. The number of aromatic carboxylic acids is 1. The highest BCUT2D eigenvalue weighted by Gasteiger charge is 2.41. The molecule has 2 heterocycles. The Hall–Kier alpha value is -1.95. The highest BCUT2D eigenvalue weighted by atomic mass is 35.5. The minimum absolute atomic E-state index is 0.252. The third-order valence-corrected chi connectivity index (χ3v) is 9.07. The van der Waals surface area contributed by atoms with Crippen LogP contribution in [0.4, 0.5) is 0 Å². The quantitative estimate of drug-likeness (QED) is 0.544. The van der Waals surface area contributed by atoms with Gasteiger partial charge in [-0.25, -0.2) is 4.79 Å². The maximum Gasteiger partial charge on any atom is 0.337 e. The predicted molar refractivity (Wildman–Crippen MR) is 140 cm³/mol. The van der Waals surface area contributed by atoms with Crippen molar-refractivity contribution in [2.75, 3.05) is 26.2 Å². The summed E-state index contributed by atoms with van der Waals surface area (Å²) in [4.78, 5) is 20.5. The molecule has 1 aromatic heterocycles. The summed E-state index contributed by atoms with van der Waals surface area (Å²) in [7, 11) is 0. The maximum absolute atomic E-state index is 11.5. The Balaban J connectivity index is 1.18. The monoisotopic (exact) mass is 495 g/mol. The molecule has 1 aliphatic heterocycles. The lowest BCUT2D eigenvalue weighted by Crippen LogP contribution is -2.45. The number of benzene rings is 1. The molecule has 6 heteroatoms. The highest BCUT2D eigenvalue weighted by Crippen LogP contribution is 2.51. The van der Waals surface area contributed by atoms with Gasteiger partial charge in [0.15, 0.2) is 0 Å². The third kappa shape index (κ3) is 5.58. The number of pyridine rings is 1. The number of carboxylic acids is 1. The first kappa shape index (κ1) is 24.7. The zero-order valence-electron chi connectivity index (χ0n) is 21.0. The van der Waals surface area contributed by atoms with Crippen LogP contribution >= 0.6 is 11.6 Å². The molecule has 3 aliphatic rings. The number of fused-ring (bicyclic) bond motifs is 2. The van der Waals surface area contributed by atoms with Crippen molar-refractivity contribution in [3.63, 3.8) is 0 Å². The van der Waals surface area contributed by atoms with Crippen molar-refractivity contribution in [3.8, 4) is 0 Å². The van der Waals surface area contributed by atoms with E-state index in [4.69, 9.17) is 11.6 Å². The van der Waals surface area contributed by atoms with Crippen molar-refractivity contribution in [2.45, 2.75) is 64.5 Å². The lowest BCUT2D eigenvalue weighted by molar-refractivity contribution is 0.0691. The Kier molecular flexibility index (Phi) is 7.20. The second kappa shape index (κ2) is 10.2. The number of hydrogen-bond donors (Lipinski definition) is 1. The second-order valence-corrected chi connectivity index (χ2v) is 12.1. The van der Waals surface area contributed by atoms with Gasteiger partial charge < -0.3 is 5.11 Å². The van der Waals surface area contributed by atoms with Crippen molar-refractivity contribution in [3.05, 3.63) is 63.9 Å². The first-order valence-corrected chi connectivity index (χ1v) is 13.6. The molecule has 0 spiro atoms. The van der Waals surface area contributed by atoms with Crippen molar-refractivity contribution in [1.82, 2.24) is 14.8 Å². The molecule has 0 amide bonds. The molecule has 5 rings (SSSR count). The zero-order valence-corrected chi connectivity index (χ0v) is 21.8. The second-order valence-electron chi connectivity index (χ2n) is 11.7. The molecule has 2 aliphatic carbocycles. The maximum atomic E-state index is 11.5. The van der Waals surface area contributed by atoms with Crippen LogP contribution in [0.15, 0.2) is 36.5 Å². The van der Waals surface area contributed by atoms with Crippen LogP contribution in [0.5, 0.6) is 0 Å². The molecule has 2 saturated carbocycles. The summed E-state index contributed by atoms with van der Waals surface area (Å²) in [5.74, 6) is 1.72. The van der Waals surface area contributed by atoms with E-state index in [2.05, 4.69) is 46.8 Å². The third-order valence-electron chi connectivity index (χ3n) is 8.72. The van der Waals surface area contributed by atoms with Crippen LogP contribution in [-0.2, 0) is 18.5 Å². The zero-order chi connectivity index (χ0) is 24.6. The first-order valence-electron chi connectivity index (χ1n) is 13.2. The number of carbonyl (C=O) groups is 1. The Morgan fingerprint density at radius 2 is 1.71 bits per heavy atom. The standard InChI is InChI=1S/C29H38ClN3O2/c1-20-12-21-14-22(13-20)17-29(2,16-21)24-6-5-23(26(30)15-24)18-32-8-10-33(11-9-32)19-27-25(28(34)35)4-3-7-31-27/h3-7,15,20-22H,8-14,16-19H2,1-2H3,(H,34,35). The molecule has 2 aromatic rings. The molecule has 1 N–H and O–H groups in total. The van der Waals surface area contributed by atoms with E-state index in [0.717, 1.165) is 55.5 Å². The predicted octanol–water partition coefficient (Wildman–Crippen LogP) is 5.85. The number of piperazine rings is 1. The fourth-order valence-corrected chi connectivity index (χ4v) is 7.43. The van der Waals surface area contributed by atoms with E-state index in [9.17, 15) is 9.90 Å². The van der Waals surface area contributed by atoms with Crippen molar-refractivity contribution < 1.29 is 9.90 Å². The molecule has 1 aromatic carbocycles. The van der Waals surface area contributed by atoms with Gasteiger partial charge in [-0.3, -0.25) is 14.8 Å². The normalized spacial score (nSPS) is 29.7. The van der Waals surface area contributed by atoms with Gasteiger partial charge in [0.1, 0.15) is 0 Å². The number of hydrogen-bond acceptors (Lipinski definition) is 4. The molecular formula is C29H38ClN3O2. The molecule has 0 radical (unpaired) electrons. The number of rotatable bonds is 6. The van der Waals surface area contributed by atoms with E-state index in [1.54, 1.807) is 18.3 Å². The van der Waals surface area contributed by atoms with Gasteiger partial charge in [-0.1, -0.05) is 37.6 Å². The molecule has 2 atom stereocenters. The minimum Gasteiger partial charge on any atom is -0.478 e. The number of aromatic nitrogens is 1. The molecule has 1 saturated heterocycles. The first-order chi connectivity index (χ1) is 16.8. The summed E-state index contributed by atoms with van der Waals surface area (Å²) >= 11 is 6.86. The van der Waals surface area contributed by atoms with Gasteiger partial charge >= 0.3 is 5.97 Å². The van der Waals surface area contributed by atoms with Crippen LogP contribution in [-0.4, -0.2) is 52.0 Å². The molecule has 35 heavy (non-hydrogen) atoms. The van der Waals surface area contributed by atoms with Gasteiger partial charge in [0.2, 0.25) is 0 Å². The van der Waals surface area contributed by atoms with Crippen molar-refractivity contribution in [1.29, 1.82) is 0 Å². The van der Waals surface area contributed by atoms with Gasteiger partial charge in [0.25, 0.3) is 0 Å². The SMILES string of the molecule is CC1CC2CC(C1)CC(C)(c1ccc(CN3CCN(Cc4ncccc4C(=O)O)CC3)c(Cl)c1)C2. The van der Waals surface area contributed by atoms with Gasteiger partial charge in [-0.2, -0.15) is 0 Å². The van der Waals surface area contributed by atoms with Gasteiger partial charge in [0.05, 0.1) is 11.3 Å². The van der Waals surface area contributed by atoms with E-state index >= 15 is 0 Å². The van der Waals surface area contributed by atoms with Crippen LogP contribution in [0, 0.1) is 17.8 Å². The highest BCUT2D eigenvalue weighted by molar-refractivity contribution is 6.31. The Morgan fingerprint density at radius 3 is 2.34 bits per heavy atom. The van der Waals surface area contributed by atoms with Crippen LogP contribution in [0.2, 0.25) is 5.02 Å². The summed E-state index contributed by atoms with van der Waals surface area (Å²) in [6.07, 6.45) is 8.47. The van der Waals surface area contributed by atoms with Gasteiger partial charge in [-0.15, -0.1) is 0 Å². The minimum atomic E-state index is -0.912. The van der Waals surface area contributed by atoms with Gasteiger partial charge in [0, 0.05) is 50.5 Å². The largest absolute Gasteiger partial charge is 0.478 e. The molecule has 188 valence electrons. The molecular weight excluding hydrogens is 458 g/mol. The Bertz CT molecular complexity index is 1050. The van der Waals surface area contributed by atoms with E-state index in [1.165, 1.54) is 43.2 Å². The average Bonchev–Trinajstić information content (AvgIpc) is 2.81. The summed E-state index contributed by atoms with van der Waals surface area (Å²) in [5, 5.41) is 10.3. The van der Waals surface area contributed by atoms with E-state index in [0.29, 0.717) is 17.8 Å². The topological polar surface area (TPSA) is 56.7 Å². The van der Waals surface area contributed by atoms with Crippen molar-refractivity contribution >= 4 is 17.6 Å². The summed E-state index contributed by atoms with van der Waals surface area (Å²) in [6.45, 7) is 9.99. The number of carboxylic acid groups (broad SMARTS) is 1. The molecule has 2 bridgehead atoms. The Morgan fingerprint density at radius 1 is 1.06 bits per heavy atom. The number of nitrogens with zero attached hydrogens (tertiary/aromatic N) is 3. The summed E-state index contributed by atoms with van der Waals surface area (Å²) in [5.41, 5.74) is 3.82. The summed E-state index contributed by atoms with van der Waals surface area (Å²) < 4.78 is 0. The van der Waals surface area contributed by atoms with Crippen molar-refractivity contribution in [2.24, 2.45) is 17.8 Å². The van der Waals surface area contributed by atoms with Crippen LogP contribution in [0.25, 0.3) is 0 Å². The molecule has 3 fully saturated rings. The van der Waals surface area contributed by atoms with E-state index < -0.39 is 5.97 Å². The smallest absolute Gasteiger partial charge is 0.337 e. The fourth-order valence-electron chi connectivity index (χ4n) is 7.19. The Labute approximate surface area is 214 Å². The average molecular weight is 496 g/mol. The van der Waals surface area contributed by atoms with Crippen LogP contribution in [0.1, 0.15) is 73.1 Å². The fraction of sp³-hybridized carbons (Fsp3) is 0.586. The lowest BCUT2D eigenvalue weighted by Gasteiger charge is -2.47. The molecule has 2 unspecified atom stereocenters. The number of halogens is 1. The summed E-state index contributed by atoms with van der Waals surface area (Å²) in [6, 6.07) is 10.2. The molecule has 5 nitrogen and oxygen atoms in total.